The van der Waals surface area contributed by atoms with Gasteiger partial charge in [-0.05, 0) is 38.3 Å². The summed E-state index contributed by atoms with van der Waals surface area (Å²) in [6, 6.07) is 7.78. The van der Waals surface area contributed by atoms with Crippen molar-refractivity contribution in [1.82, 2.24) is 14.9 Å². The molecule has 4 rings (SSSR count). The number of nitro groups is 1. The summed E-state index contributed by atoms with van der Waals surface area (Å²) in [5, 5.41) is 10.8. The smallest absolute Gasteiger partial charge is 0.269 e. The van der Waals surface area contributed by atoms with Gasteiger partial charge in [-0.1, -0.05) is 0 Å². The number of nitrogens with zero attached hydrogens (tertiary/aromatic N) is 6. The number of aryl methyl sites for hydroxylation is 1. The van der Waals surface area contributed by atoms with Gasteiger partial charge in [-0.2, -0.15) is 4.98 Å². The van der Waals surface area contributed by atoms with E-state index in [0.717, 1.165) is 30.5 Å². The van der Waals surface area contributed by atoms with Crippen LogP contribution in [0.2, 0.25) is 0 Å². The fourth-order valence-corrected chi connectivity index (χ4v) is 3.98. The Balaban J connectivity index is 1.41. The summed E-state index contributed by atoms with van der Waals surface area (Å²) >= 11 is 0. The number of carbonyl (C=O) groups excluding carboxylic acids is 1. The number of piperazine rings is 1. The van der Waals surface area contributed by atoms with Crippen molar-refractivity contribution in [3.05, 3.63) is 51.7 Å². The molecule has 2 saturated heterocycles. The van der Waals surface area contributed by atoms with E-state index in [-0.39, 0.29) is 11.6 Å². The molecule has 30 heavy (non-hydrogen) atoms. The van der Waals surface area contributed by atoms with Crippen molar-refractivity contribution in [3.63, 3.8) is 0 Å². The summed E-state index contributed by atoms with van der Waals surface area (Å²) in [5.74, 6) is 1.61. The first-order valence-corrected chi connectivity index (χ1v) is 10.4. The van der Waals surface area contributed by atoms with Crippen molar-refractivity contribution in [3.8, 4) is 0 Å². The molecule has 0 bridgehead atoms. The van der Waals surface area contributed by atoms with Crippen LogP contribution in [0.3, 0.4) is 0 Å². The maximum absolute atomic E-state index is 12.7. The lowest BCUT2D eigenvalue weighted by atomic mass is 10.1. The third kappa shape index (κ3) is 4.34. The Hall–Kier alpha value is -3.23. The molecule has 2 aliphatic rings. The van der Waals surface area contributed by atoms with E-state index in [2.05, 4.69) is 14.8 Å². The van der Waals surface area contributed by atoms with Crippen LogP contribution in [0.1, 0.15) is 35.3 Å². The number of carbonyl (C=O) groups is 1. The SMILES string of the molecule is Cc1cc(N2CCN(C(=O)c3ccc([N+](=O)[O-])cc3)CC2)nc(N2CCCCC2)n1. The highest BCUT2D eigenvalue weighted by Gasteiger charge is 2.24. The highest BCUT2D eigenvalue weighted by Crippen LogP contribution is 2.22. The molecule has 9 nitrogen and oxygen atoms in total. The number of hydrogen-bond acceptors (Lipinski definition) is 7. The zero-order valence-corrected chi connectivity index (χ0v) is 17.2. The first-order chi connectivity index (χ1) is 14.5. The molecule has 0 unspecified atom stereocenters. The van der Waals surface area contributed by atoms with E-state index in [0.29, 0.717) is 31.7 Å². The summed E-state index contributed by atoms with van der Waals surface area (Å²) in [6.07, 6.45) is 3.62. The minimum Gasteiger partial charge on any atom is -0.353 e. The van der Waals surface area contributed by atoms with Gasteiger partial charge in [-0.3, -0.25) is 14.9 Å². The molecule has 1 aromatic carbocycles. The molecule has 1 aromatic heterocycles. The van der Waals surface area contributed by atoms with Gasteiger partial charge in [0.25, 0.3) is 11.6 Å². The number of piperidine rings is 1. The second-order valence-corrected chi connectivity index (χ2v) is 7.80. The van der Waals surface area contributed by atoms with Crippen molar-refractivity contribution in [2.24, 2.45) is 0 Å². The predicted molar refractivity (Wildman–Crippen MR) is 114 cm³/mol. The van der Waals surface area contributed by atoms with Crippen LogP contribution in [-0.2, 0) is 0 Å². The van der Waals surface area contributed by atoms with Crippen LogP contribution in [0.15, 0.2) is 30.3 Å². The topological polar surface area (TPSA) is 95.7 Å². The second-order valence-electron chi connectivity index (χ2n) is 7.80. The van der Waals surface area contributed by atoms with Crippen LogP contribution in [0, 0.1) is 17.0 Å². The monoisotopic (exact) mass is 410 g/mol. The average Bonchev–Trinajstić information content (AvgIpc) is 2.79. The Labute approximate surface area is 175 Å². The fourth-order valence-electron chi connectivity index (χ4n) is 3.98. The molecule has 3 heterocycles. The average molecular weight is 410 g/mol. The summed E-state index contributed by atoms with van der Waals surface area (Å²) in [5.41, 5.74) is 1.41. The molecule has 0 N–H and O–H groups in total. The number of benzene rings is 1. The molecular formula is C21H26N6O3. The zero-order valence-electron chi connectivity index (χ0n) is 17.2. The van der Waals surface area contributed by atoms with Crippen molar-refractivity contribution < 1.29 is 9.72 Å². The Morgan fingerprint density at radius 1 is 0.933 bits per heavy atom. The number of anilines is 2. The summed E-state index contributed by atoms with van der Waals surface area (Å²) < 4.78 is 0. The molecule has 0 saturated carbocycles. The molecule has 0 aliphatic carbocycles. The van der Waals surface area contributed by atoms with Crippen LogP contribution < -0.4 is 9.80 Å². The van der Waals surface area contributed by atoms with Gasteiger partial charge in [-0.25, -0.2) is 4.98 Å². The Kier molecular flexibility index (Phi) is 5.78. The normalized spacial score (nSPS) is 17.2. The molecule has 158 valence electrons. The number of rotatable bonds is 4. The lowest BCUT2D eigenvalue weighted by Crippen LogP contribution is -2.49. The first-order valence-electron chi connectivity index (χ1n) is 10.4. The van der Waals surface area contributed by atoms with E-state index in [4.69, 9.17) is 4.98 Å². The number of hydrogen-bond donors (Lipinski definition) is 0. The Morgan fingerprint density at radius 2 is 1.60 bits per heavy atom. The van der Waals surface area contributed by atoms with Crippen molar-refractivity contribution in [1.29, 1.82) is 0 Å². The predicted octanol–water partition coefficient (Wildman–Crippen LogP) is 2.65. The van der Waals surface area contributed by atoms with E-state index < -0.39 is 4.92 Å². The van der Waals surface area contributed by atoms with Gasteiger partial charge in [0.15, 0.2) is 0 Å². The molecule has 0 spiro atoms. The first kappa shape index (κ1) is 20.1. The van der Waals surface area contributed by atoms with Crippen LogP contribution in [0.5, 0.6) is 0 Å². The van der Waals surface area contributed by atoms with E-state index in [9.17, 15) is 14.9 Å². The fraction of sp³-hybridized carbons (Fsp3) is 0.476. The minimum absolute atomic E-state index is 0.0139. The van der Waals surface area contributed by atoms with Gasteiger partial charge in [0, 0.05) is 68.7 Å². The third-order valence-corrected chi connectivity index (χ3v) is 5.68. The second kappa shape index (κ2) is 8.64. The Morgan fingerprint density at radius 3 is 2.23 bits per heavy atom. The van der Waals surface area contributed by atoms with Gasteiger partial charge in [-0.15, -0.1) is 0 Å². The van der Waals surface area contributed by atoms with Crippen LogP contribution in [0.25, 0.3) is 0 Å². The van der Waals surface area contributed by atoms with Crippen LogP contribution in [0.4, 0.5) is 17.5 Å². The third-order valence-electron chi connectivity index (χ3n) is 5.68. The molecule has 9 heteroatoms. The summed E-state index contributed by atoms with van der Waals surface area (Å²) in [4.78, 5) is 38.8. The van der Waals surface area contributed by atoms with Gasteiger partial charge in [0.2, 0.25) is 5.95 Å². The van der Waals surface area contributed by atoms with Gasteiger partial charge >= 0.3 is 0 Å². The quantitative estimate of drug-likeness (QED) is 0.565. The molecule has 2 aromatic rings. The summed E-state index contributed by atoms with van der Waals surface area (Å²) in [6.45, 7) is 6.53. The molecule has 1 amide bonds. The Bertz CT molecular complexity index is 919. The number of nitro benzene ring substituents is 1. The van der Waals surface area contributed by atoms with Crippen LogP contribution >= 0.6 is 0 Å². The molecule has 2 aliphatic heterocycles. The van der Waals surface area contributed by atoms with E-state index >= 15 is 0 Å². The molecular weight excluding hydrogens is 384 g/mol. The van der Waals surface area contributed by atoms with Crippen molar-refractivity contribution in [2.75, 3.05) is 49.1 Å². The lowest BCUT2D eigenvalue weighted by molar-refractivity contribution is -0.384. The highest BCUT2D eigenvalue weighted by atomic mass is 16.6. The van der Waals surface area contributed by atoms with Crippen LogP contribution in [-0.4, -0.2) is 65.0 Å². The summed E-state index contributed by atoms with van der Waals surface area (Å²) in [7, 11) is 0. The standard InChI is InChI=1S/C21H26N6O3/c1-16-15-19(23-21(22-16)26-9-3-2-4-10-26)24-11-13-25(14-12-24)20(28)17-5-7-18(8-6-17)27(29)30/h5-8,15H,2-4,9-14H2,1H3. The number of amides is 1. The number of aromatic nitrogens is 2. The molecule has 0 radical (unpaired) electrons. The van der Waals surface area contributed by atoms with Gasteiger partial charge in [0.05, 0.1) is 4.92 Å². The maximum atomic E-state index is 12.7. The molecule has 0 atom stereocenters. The van der Waals surface area contributed by atoms with E-state index in [1.165, 1.54) is 43.5 Å². The molecule has 2 fully saturated rings. The zero-order chi connectivity index (χ0) is 21.1. The minimum atomic E-state index is -0.463. The van der Waals surface area contributed by atoms with E-state index in [1.54, 1.807) is 4.90 Å². The highest BCUT2D eigenvalue weighted by molar-refractivity contribution is 5.94. The lowest BCUT2D eigenvalue weighted by Gasteiger charge is -2.36. The van der Waals surface area contributed by atoms with Gasteiger partial charge < -0.3 is 14.7 Å². The largest absolute Gasteiger partial charge is 0.353 e. The van der Waals surface area contributed by atoms with Crippen molar-refractivity contribution in [2.45, 2.75) is 26.2 Å². The van der Waals surface area contributed by atoms with Gasteiger partial charge in [0.1, 0.15) is 5.82 Å². The maximum Gasteiger partial charge on any atom is 0.269 e. The number of non-ortho nitro benzene ring substituents is 1. The van der Waals surface area contributed by atoms with E-state index in [1.807, 2.05) is 13.0 Å². The van der Waals surface area contributed by atoms with Crippen molar-refractivity contribution >= 4 is 23.4 Å².